The van der Waals surface area contributed by atoms with E-state index in [1.807, 2.05) is 0 Å². The molecule has 4 N–H and O–H groups in total. The van der Waals surface area contributed by atoms with Crippen molar-refractivity contribution in [2.75, 3.05) is 19.8 Å². The number of amides is 1. The Labute approximate surface area is 119 Å². The minimum absolute atomic E-state index is 0.112. The maximum absolute atomic E-state index is 12.2. The average Bonchev–Trinajstić information content (AvgIpc) is 2.85. The number of rotatable bonds is 5. The van der Waals surface area contributed by atoms with E-state index in [4.69, 9.17) is 15.6 Å². The van der Waals surface area contributed by atoms with Crippen LogP contribution in [-0.2, 0) is 14.3 Å². The third-order valence-corrected chi connectivity index (χ3v) is 4.57. The first-order chi connectivity index (χ1) is 9.46. The lowest BCUT2D eigenvalue weighted by Crippen LogP contribution is -2.56. The molecule has 2 rings (SSSR count). The van der Waals surface area contributed by atoms with Crippen LogP contribution in [0, 0.1) is 5.41 Å². The van der Waals surface area contributed by atoms with Crippen LogP contribution in [0.2, 0.25) is 0 Å². The van der Waals surface area contributed by atoms with Gasteiger partial charge in [0, 0.05) is 13.2 Å². The van der Waals surface area contributed by atoms with E-state index in [0.29, 0.717) is 19.6 Å². The van der Waals surface area contributed by atoms with Crippen molar-refractivity contribution < 1.29 is 19.4 Å². The molecule has 6 nitrogen and oxygen atoms in total. The van der Waals surface area contributed by atoms with Crippen molar-refractivity contribution >= 4 is 11.9 Å². The zero-order valence-corrected chi connectivity index (χ0v) is 11.8. The van der Waals surface area contributed by atoms with Crippen LogP contribution in [0.15, 0.2) is 0 Å². The highest BCUT2D eigenvalue weighted by Crippen LogP contribution is 2.38. The Kier molecular flexibility index (Phi) is 4.65. The van der Waals surface area contributed by atoms with Crippen LogP contribution in [0.3, 0.4) is 0 Å². The Morgan fingerprint density at radius 3 is 2.45 bits per heavy atom. The minimum Gasteiger partial charge on any atom is -0.481 e. The number of carboxylic acids is 1. The van der Waals surface area contributed by atoms with Crippen LogP contribution in [0.1, 0.15) is 44.9 Å². The van der Waals surface area contributed by atoms with E-state index in [9.17, 15) is 9.59 Å². The van der Waals surface area contributed by atoms with E-state index >= 15 is 0 Å². The lowest BCUT2D eigenvalue weighted by Gasteiger charge is -2.37. The number of carbonyl (C=O) groups excluding carboxylic acids is 1. The predicted octanol–water partition coefficient (Wildman–Crippen LogP) is 0.646. The molecule has 1 aliphatic heterocycles. The van der Waals surface area contributed by atoms with Crippen molar-refractivity contribution in [1.29, 1.82) is 0 Å². The number of nitrogens with two attached hydrogens (primary N) is 1. The molecule has 0 aromatic carbocycles. The number of ether oxygens (including phenoxy) is 1. The molecule has 1 saturated carbocycles. The normalized spacial score (nSPS) is 29.1. The average molecular weight is 284 g/mol. The standard InChI is InChI=1S/C14H24N2O4/c15-14(6-7-20-10-14)12(19)16-9-13(8-11(17)18)4-2-1-3-5-13/h1-10,15H2,(H,16,19)(H,17,18). The lowest BCUT2D eigenvalue weighted by atomic mass is 9.71. The molecule has 1 aliphatic carbocycles. The molecule has 0 bridgehead atoms. The highest BCUT2D eigenvalue weighted by Gasteiger charge is 2.40. The first-order valence-electron chi connectivity index (χ1n) is 7.33. The Morgan fingerprint density at radius 2 is 1.90 bits per heavy atom. The van der Waals surface area contributed by atoms with Gasteiger partial charge in [-0.05, 0) is 24.7 Å². The van der Waals surface area contributed by atoms with Crippen molar-refractivity contribution in [3.63, 3.8) is 0 Å². The van der Waals surface area contributed by atoms with Crippen molar-refractivity contribution in [3.05, 3.63) is 0 Å². The molecule has 0 aromatic heterocycles. The van der Waals surface area contributed by atoms with Gasteiger partial charge < -0.3 is 20.9 Å². The molecule has 1 atom stereocenters. The zero-order valence-electron chi connectivity index (χ0n) is 11.8. The smallest absolute Gasteiger partial charge is 0.303 e. The number of nitrogens with one attached hydrogen (secondary N) is 1. The summed E-state index contributed by atoms with van der Waals surface area (Å²) in [6.07, 6.45) is 5.54. The third kappa shape index (κ3) is 3.49. The van der Waals surface area contributed by atoms with Crippen LogP contribution in [0.25, 0.3) is 0 Å². The van der Waals surface area contributed by atoms with E-state index < -0.39 is 11.5 Å². The molecule has 0 radical (unpaired) electrons. The number of carboxylic acid groups (broad SMARTS) is 1. The van der Waals surface area contributed by atoms with E-state index in [1.54, 1.807) is 0 Å². The fraction of sp³-hybridized carbons (Fsp3) is 0.857. The molecule has 1 unspecified atom stereocenters. The quantitative estimate of drug-likeness (QED) is 0.688. The van der Waals surface area contributed by atoms with Gasteiger partial charge in [0.25, 0.3) is 0 Å². The third-order valence-electron chi connectivity index (χ3n) is 4.57. The molecule has 1 heterocycles. The van der Waals surface area contributed by atoms with Gasteiger partial charge in [-0.15, -0.1) is 0 Å². The van der Waals surface area contributed by atoms with E-state index in [-0.39, 0.29) is 24.3 Å². The van der Waals surface area contributed by atoms with Gasteiger partial charge >= 0.3 is 5.97 Å². The van der Waals surface area contributed by atoms with Crippen LogP contribution < -0.4 is 11.1 Å². The summed E-state index contributed by atoms with van der Waals surface area (Å²) in [5.41, 5.74) is 4.75. The summed E-state index contributed by atoms with van der Waals surface area (Å²) in [6, 6.07) is 0. The molecule has 2 fully saturated rings. The first-order valence-corrected chi connectivity index (χ1v) is 7.33. The number of aliphatic carboxylic acids is 1. The Hall–Kier alpha value is -1.14. The van der Waals surface area contributed by atoms with Crippen LogP contribution >= 0.6 is 0 Å². The van der Waals surface area contributed by atoms with Gasteiger partial charge in [0.1, 0.15) is 5.54 Å². The highest BCUT2D eigenvalue weighted by atomic mass is 16.5. The molecule has 1 amide bonds. The summed E-state index contributed by atoms with van der Waals surface area (Å²) in [5, 5.41) is 12.0. The number of hydrogen-bond acceptors (Lipinski definition) is 4. The van der Waals surface area contributed by atoms with Gasteiger partial charge in [-0.2, -0.15) is 0 Å². The fourth-order valence-electron chi connectivity index (χ4n) is 3.24. The SMILES string of the molecule is NC1(C(=O)NCC2(CC(=O)O)CCCCC2)CCOC1. The van der Waals surface area contributed by atoms with Gasteiger partial charge in [-0.25, -0.2) is 0 Å². The molecule has 2 aliphatic rings. The largest absolute Gasteiger partial charge is 0.481 e. The van der Waals surface area contributed by atoms with Crippen molar-refractivity contribution in [3.8, 4) is 0 Å². The fourth-order valence-corrected chi connectivity index (χ4v) is 3.24. The van der Waals surface area contributed by atoms with Crippen molar-refractivity contribution in [2.45, 2.75) is 50.5 Å². The van der Waals surface area contributed by atoms with Crippen molar-refractivity contribution in [1.82, 2.24) is 5.32 Å². The lowest BCUT2D eigenvalue weighted by molar-refractivity contribution is -0.141. The Morgan fingerprint density at radius 1 is 1.20 bits per heavy atom. The molecular weight excluding hydrogens is 260 g/mol. The molecule has 114 valence electrons. The summed E-state index contributed by atoms with van der Waals surface area (Å²) in [7, 11) is 0. The van der Waals surface area contributed by atoms with Crippen LogP contribution in [0.5, 0.6) is 0 Å². The summed E-state index contributed by atoms with van der Waals surface area (Å²) < 4.78 is 5.18. The van der Waals surface area contributed by atoms with Crippen molar-refractivity contribution in [2.24, 2.45) is 11.1 Å². The molecule has 20 heavy (non-hydrogen) atoms. The predicted molar refractivity (Wildman–Crippen MR) is 73.1 cm³/mol. The van der Waals surface area contributed by atoms with E-state index in [0.717, 1.165) is 32.1 Å². The highest BCUT2D eigenvalue weighted by molar-refractivity contribution is 5.86. The second kappa shape index (κ2) is 6.10. The Bertz CT molecular complexity index is 371. The van der Waals surface area contributed by atoms with Gasteiger partial charge in [0.05, 0.1) is 13.0 Å². The maximum Gasteiger partial charge on any atom is 0.303 e. The molecule has 0 spiro atoms. The summed E-state index contributed by atoms with van der Waals surface area (Å²) in [4.78, 5) is 23.3. The minimum atomic E-state index is -0.945. The van der Waals surface area contributed by atoms with Gasteiger partial charge in [0.2, 0.25) is 5.91 Å². The van der Waals surface area contributed by atoms with Crippen LogP contribution in [0.4, 0.5) is 0 Å². The second-order valence-electron chi connectivity index (χ2n) is 6.27. The molecule has 6 heteroatoms. The van der Waals surface area contributed by atoms with Gasteiger partial charge in [-0.1, -0.05) is 19.3 Å². The topological polar surface area (TPSA) is 102 Å². The molecular formula is C14H24N2O4. The second-order valence-corrected chi connectivity index (χ2v) is 6.27. The first kappa shape index (κ1) is 15.3. The monoisotopic (exact) mass is 284 g/mol. The molecule has 1 saturated heterocycles. The van der Waals surface area contributed by atoms with Gasteiger partial charge in [0.15, 0.2) is 0 Å². The zero-order chi connectivity index (χ0) is 14.6. The van der Waals surface area contributed by atoms with Gasteiger partial charge in [-0.3, -0.25) is 9.59 Å². The maximum atomic E-state index is 12.2. The summed E-state index contributed by atoms with van der Waals surface area (Å²) in [6.45, 7) is 1.14. The summed E-state index contributed by atoms with van der Waals surface area (Å²) >= 11 is 0. The molecule has 0 aromatic rings. The van der Waals surface area contributed by atoms with E-state index in [2.05, 4.69) is 5.32 Å². The number of hydrogen-bond donors (Lipinski definition) is 3. The van der Waals surface area contributed by atoms with Crippen LogP contribution in [-0.4, -0.2) is 42.3 Å². The van der Waals surface area contributed by atoms with E-state index in [1.165, 1.54) is 0 Å². The Balaban J connectivity index is 1.94. The summed E-state index contributed by atoms with van der Waals surface area (Å²) in [5.74, 6) is -1.02. The number of carbonyl (C=O) groups is 2.